The molecule has 2 rings (SSSR count). The Kier molecular flexibility index (Phi) is 2.37. The Morgan fingerprint density at radius 3 is 2.73 bits per heavy atom. The van der Waals surface area contributed by atoms with Crippen LogP contribution < -0.4 is 4.74 Å². The van der Waals surface area contributed by atoms with Crippen molar-refractivity contribution in [3.8, 4) is 11.6 Å². The summed E-state index contributed by atoms with van der Waals surface area (Å²) in [4.78, 5) is 3.76. The number of alkyl halides is 2. The van der Waals surface area contributed by atoms with Crippen LogP contribution in [0.1, 0.15) is 0 Å². The number of fused-ring (bicyclic) bond motifs is 1. The van der Waals surface area contributed by atoms with E-state index in [-0.39, 0.29) is 0 Å². The lowest BCUT2D eigenvalue weighted by Crippen LogP contribution is -2.03. The van der Waals surface area contributed by atoms with Crippen LogP contribution in [0.4, 0.5) is 8.78 Å². The van der Waals surface area contributed by atoms with Crippen molar-refractivity contribution in [1.29, 1.82) is 0 Å². The van der Waals surface area contributed by atoms with Crippen LogP contribution in [0.15, 0.2) is 30.3 Å². The summed E-state index contributed by atoms with van der Waals surface area (Å²) in [7, 11) is 0. The number of hydrogen-bond donors (Lipinski definition) is 1. The zero-order valence-electron chi connectivity index (χ0n) is 7.52. The second kappa shape index (κ2) is 3.68. The molecule has 0 fully saturated rings. The molecule has 0 bridgehead atoms. The van der Waals surface area contributed by atoms with Gasteiger partial charge in [0.1, 0.15) is 0 Å². The van der Waals surface area contributed by atoms with Crippen LogP contribution in [-0.2, 0) is 0 Å². The highest BCUT2D eigenvalue weighted by Gasteiger charge is 2.11. The normalized spacial score (nSPS) is 10.9. The third kappa shape index (κ3) is 1.96. The van der Waals surface area contributed by atoms with Gasteiger partial charge in [0, 0.05) is 5.39 Å². The van der Waals surface area contributed by atoms with Gasteiger partial charge < -0.3 is 9.84 Å². The molecule has 78 valence electrons. The summed E-state index contributed by atoms with van der Waals surface area (Å²) in [6.45, 7) is -3.00. The van der Waals surface area contributed by atoms with Crippen molar-refractivity contribution in [2.75, 3.05) is 0 Å². The zero-order valence-corrected chi connectivity index (χ0v) is 7.52. The highest BCUT2D eigenvalue weighted by Crippen LogP contribution is 2.28. The van der Waals surface area contributed by atoms with E-state index in [1.54, 1.807) is 24.3 Å². The van der Waals surface area contributed by atoms with Gasteiger partial charge in [-0.25, -0.2) is 4.98 Å². The first-order valence-corrected chi connectivity index (χ1v) is 4.20. The van der Waals surface area contributed by atoms with Gasteiger partial charge >= 0.3 is 6.61 Å². The van der Waals surface area contributed by atoms with Crippen molar-refractivity contribution in [1.82, 2.24) is 4.98 Å². The van der Waals surface area contributed by atoms with Crippen LogP contribution in [0.2, 0.25) is 0 Å². The fourth-order valence-electron chi connectivity index (χ4n) is 1.26. The largest absolute Gasteiger partial charge is 0.503 e. The fourth-order valence-corrected chi connectivity index (χ4v) is 1.26. The molecule has 15 heavy (non-hydrogen) atoms. The SMILES string of the molecule is Oc1cc2ccccc2nc1OC(F)F. The molecule has 0 unspecified atom stereocenters. The number of ether oxygens (including phenoxy) is 1. The lowest BCUT2D eigenvalue weighted by Gasteiger charge is -2.06. The molecule has 0 aliphatic carbocycles. The van der Waals surface area contributed by atoms with Gasteiger partial charge in [-0.15, -0.1) is 0 Å². The van der Waals surface area contributed by atoms with E-state index in [0.717, 1.165) is 0 Å². The Bertz CT molecular complexity index is 488. The maximum atomic E-state index is 11.9. The first-order chi connectivity index (χ1) is 7.16. The maximum Gasteiger partial charge on any atom is 0.388 e. The summed E-state index contributed by atoms with van der Waals surface area (Å²) < 4.78 is 27.9. The smallest absolute Gasteiger partial charge is 0.388 e. The number of aromatic nitrogens is 1. The number of rotatable bonds is 2. The van der Waals surface area contributed by atoms with Crippen molar-refractivity contribution in [3.05, 3.63) is 30.3 Å². The second-order valence-electron chi connectivity index (χ2n) is 2.88. The van der Waals surface area contributed by atoms with Gasteiger partial charge in [0.05, 0.1) is 5.52 Å². The topological polar surface area (TPSA) is 42.4 Å². The van der Waals surface area contributed by atoms with Gasteiger partial charge in [0.2, 0.25) is 0 Å². The molecule has 0 saturated heterocycles. The number of para-hydroxylation sites is 1. The van der Waals surface area contributed by atoms with Gasteiger partial charge in [0.25, 0.3) is 5.88 Å². The van der Waals surface area contributed by atoms with Crippen molar-refractivity contribution >= 4 is 10.9 Å². The molecule has 0 atom stereocenters. The first kappa shape index (κ1) is 9.64. The van der Waals surface area contributed by atoms with E-state index >= 15 is 0 Å². The summed E-state index contributed by atoms with van der Waals surface area (Å²) in [6, 6.07) is 8.18. The summed E-state index contributed by atoms with van der Waals surface area (Å²) in [5, 5.41) is 10.0. The van der Waals surface area contributed by atoms with Crippen LogP contribution in [0, 0.1) is 0 Å². The molecule has 1 N–H and O–H groups in total. The van der Waals surface area contributed by atoms with Crippen LogP contribution in [0.5, 0.6) is 11.6 Å². The number of benzene rings is 1. The Morgan fingerprint density at radius 2 is 2.00 bits per heavy atom. The van der Waals surface area contributed by atoms with E-state index in [0.29, 0.717) is 10.9 Å². The molecule has 1 heterocycles. The molecule has 0 amide bonds. The highest BCUT2D eigenvalue weighted by atomic mass is 19.3. The van der Waals surface area contributed by atoms with Gasteiger partial charge in [-0.3, -0.25) is 0 Å². The molecule has 0 radical (unpaired) electrons. The zero-order chi connectivity index (χ0) is 10.8. The fraction of sp³-hybridized carbons (Fsp3) is 0.100. The molecule has 3 nitrogen and oxygen atoms in total. The van der Waals surface area contributed by atoms with Crippen molar-refractivity contribution in [3.63, 3.8) is 0 Å². The van der Waals surface area contributed by atoms with Gasteiger partial charge in [-0.1, -0.05) is 18.2 Å². The average molecular weight is 211 g/mol. The minimum absolute atomic E-state index is 0.394. The summed E-state index contributed by atoms with van der Waals surface area (Å²) in [5.74, 6) is -0.849. The highest BCUT2D eigenvalue weighted by molar-refractivity contribution is 5.80. The van der Waals surface area contributed by atoms with E-state index in [1.807, 2.05) is 0 Å². The molecular formula is C10H7F2NO2. The van der Waals surface area contributed by atoms with E-state index < -0.39 is 18.2 Å². The molecule has 1 aromatic carbocycles. The Labute approximate surface area is 83.9 Å². The Balaban J connectivity index is 2.52. The lowest BCUT2D eigenvalue weighted by molar-refractivity contribution is -0.0541. The van der Waals surface area contributed by atoms with Gasteiger partial charge in [-0.05, 0) is 12.1 Å². The predicted octanol–water partition coefficient (Wildman–Crippen LogP) is 2.54. The third-order valence-corrected chi connectivity index (χ3v) is 1.87. The molecular weight excluding hydrogens is 204 g/mol. The van der Waals surface area contributed by atoms with Crippen LogP contribution in [0.25, 0.3) is 10.9 Å². The van der Waals surface area contributed by atoms with Crippen molar-refractivity contribution in [2.24, 2.45) is 0 Å². The second-order valence-corrected chi connectivity index (χ2v) is 2.88. The summed E-state index contributed by atoms with van der Waals surface area (Å²) >= 11 is 0. The predicted molar refractivity (Wildman–Crippen MR) is 50.0 cm³/mol. The molecule has 0 saturated carbocycles. The molecule has 2 aromatic rings. The number of hydrogen-bond acceptors (Lipinski definition) is 3. The summed E-state index contributed by atoms with van der Waals surface area (Å²) in [5.41, 5.74) is 0.492. The number of aromatic hydroxyl groups is 1. The van der Waals surface area contributed by atoms with Crippen LogP contribution in [0.3, 0.4) is 0 Å². The molecule has 5 heteroatoms. The van der Waals surface area contributed by atoms with Gasteiger partial charge in [0.15, 0.2) is 5.75 Å². The monoisotopic (exact) mass is 211 g/mol. The summed E-state index contributed by atoms with van der Waals surface area (Å²) in [6.07, 6.45) is 0. The Hall–Kier alpha value is -1.91. The molecule has 0 aliphatic heterocycles. The quantitative estimate of drug-likeness (QED) is 0.829. The standard InChI is InChI=1S/C10H7F2NO2/c11-10(12)15-9-8(14)5-6-3-1-2-4-7(6)13-9/h1-5,10,14H. The molecule has 0 aliphatic rings. The lowest BCUT2D eigenvalue weighted by atomic mass is 10.2. The van der Waals surface area contributed by atoms with Gasteiger partial charge in [-0.2, -0.15) is 8.78 Å². The molecule has 0 spiro atoms. The van der Waals surface area contributed by atoms with Crippen molar-refractivity contribution < 1.29 is 18.6 Å². The Morgan fingerprint density at radius 1 is 1.27 bits per heavy atom. The third-order valence-electron chi connectivity index (χ3n) is 1.87. The van der Waals surface area contributed by atoms with E-state index in [9.17, 15) is 13.9 Å². The number of pyridine rings is 1. The average Bonchev–Trinajstić information content (AvgIpc) is 2.18. The van der Waals surface area contributed by atoms with E-state index in [4.69, 9.17) is 0 Å². The minimum Gasteiger partial charge on any atom is -0.503 e. The number of nitrogens with zero attached hydrogens (tertiary/aromatic N) is 1. The van der Waals surface area contributed by atoms with Crippen molar-refractivity contribution in [2.45, 2.75) is 6.61 Å². The van der Waals surface area contributed by atoms with E-state index in [2.05, 4.69) is 9.72 Å². The number of halogens is 2. The first-order valence-electron chi connectivity index (χ1n) is 4.20. The van der Waals surface area contributed by atoms with E-state index in [1.165, 1.54) is 6.07 Å². The van der Waals surface area contributed by atoms with Crippen LogP contribution >= 0.6 is 0 Å². The maximum absolute atomic E-state index is 11.9. The molecule has 1 aromatic heterocycles. The van der Waals surface area contributed by atoms with Crippen LogP contribution in [-0.4, -0.2) is 16.7 Å². The minimum atomic E-state index is -3.00.